The number of anilines is 1. The number of benzene rings is 1. The number of nitrogens with zero attached hydrogens (tertiary/aromatic N) is 3. The van der Waals surface area contributed by atoms with Gasteiger partial charge in [-0.1, -0.05) is 6.07 Å². The van der Waals surface area contributed by atoms with Crippen LogP contribution in [0.15, 0.2) is 18.2 Å². The molecule has 0 spiro atoms. The molecule has 2 amide bonds. The Balaban J connectivity index is 2.02. The molecule has 2 aromatic rings. The van der Waals surface area contributed by atoms with Crippen LogP contribution in [0.5, 0.6) is 17.8 Å². The van der Waals surface area contributed by atoms with Crippen LogP contribution in [0.2, 0.25) is 0 Å². The number of urea groups is 1. The Morgan fingerprint density at radius 2 is 1.71 bits per heavy atom. The van der Waals surface area contributed by atoms with Crippen LogP contribution in [0.3, 0.4) is 0 Å². The highest BCUT2D eigenvalue weighted by Crippen LogP contribution is 2.24. The summed E-state index contributed by atoms with van der Waals surface area (Å²) in [6.45, 7) is 2.00. The third-order valence-corrected chi connectivity index (χ3v) is 3.02. The zero-order valence-electron chi connectivity index (χ0n) is 13.9. The number of amides is 2. The van der Waals surface area contributed by atoms with Gasteiger partial charge >= 0.3 is 18.1 Å². The minimum Gasteiger partial charge on any atom is -0.495 e. The van der Waals surface area contributed by atoms with Crippen molar-refractivity contribution in [2.24, 2.45) is 0 Å². The smallest absolute Gasteiger partial charge is 0.322 e. The van der Waals surface area contributed by atoms with E-state index in [1.165, 1.54) is 21.3 Å². The summed E-state index contributed by atoms with van der Waals surface area (Å²) >= 11 is 0. The highest BCUT2D eigenvalue weighted by molar-refractivity contribution is 5.91. The Morgan fingerprint density at radius 3 is 2.29 bits per heavy atom. The minimum absolute atomic E-state index is 0.0786. The molecule has 0 aliphatic heterocycles. The number of aromatic nitrogens is 3. The number of hydrogen-bond donors (Lipinski definition) is 2. The fourth-order valence-corrected chi connectivity index (χ4v) is 1.88. The molecule has 24 heavy (non-hydrogen) atoms. The van der Waals surface area contributed by atoms with Crippen LogP contribution < -0.4 is 24.8 Å². The van der Waals surface area contributed by atoms with E-state index in [0.29, 0.717) is 17.3 Å². The van der Waals surface area contributed by atoms with E-state index < -0.39 is 6.03 Å². The molecule has 9 heteroatoms. The molecule has 0 saturated carbocycles. The standard InChI is InChI=1S/C15H19N5O4/c1-9-5-6-11(22-2)10(7-9)17-13(21)16-8-12-18-14(23-3)20-15(19-12)24-4/h5-7H,8H2,1-4H3,(H2,16,17,21). The van der Waals surface area contributed by atoms with Gasteiger partial charge in [-0.3, -0.25) is 0 Å². The van der Waals surface area contributed by atoms with E-state index in [9.17, 15) is 4.79 Å². The maximum absolute atomic E-state index is 12.1. The number of carbonyl (C=O) groups excluding carboxylic acids is 1. The van der Waals surface area contributed by atoms with Gasteiger partial charge in [0.1, 0.15) is 5.75 Å². The molecule has 1 aromatic carbocycles. The highest BCUT2D eigenvalue weighted by Gasteiger charge is 2.10. The summed E-state index contributed by atoms with van der Waals surface area (Å²) in [6, 6.07) is 5.29. The molecule has 0 radical (unpaired) electrons. The summed E-state index contributed by atoms with van der Waals surface area (Å²) in [4.78, 5) is 24.0. The second kappa shape index (κ2) is 7.95. The maximum atomic E-state index is 12.1. The Kier molecular flexibility index (Phi) is 5.72. The van der Waals surface area contributed by atoms with Gasteiger partial charge in [0.15, 0.2) is 5.82 Å². The third kappa shape index (κ3) is 4.45. The normalized spacial score (nSPS) is 10.0. The molecule has 2 N–H and O–H groups in total. The molecular formula is C15H19N5O4. The lowest BCUT2D eigenvalue weighted by Crippen LogP contribution is -2.29. The molecule has 0 aliphatic carbocycles. The van der Waals surface area contributed by atoms with Gasteiger partial charge in [-0.15, -0.1) is 4.98 Å². The van der Waals surface area contributed by atoms with E-state index in [1.807, 2.05) is 19.1 Å². The van der Waals surface area contributed by atoms with Gasteiger partial charge < -0.3 is 24.8 Å². The Labute approximate surface area is 139 Å². The first kappa shape index (κ1) is 17.3. The monoisotopic (exact) mass is 333 g/mol. The summed E-state index contributed by atoms with van der Waals surface area (Å²) in [5.74, 6) is 0.879. The zero-order valence-corrected chi connectivity index (χ0v) is 13.9. The number of carbonyl (C=O) groups is 1. The van der Waals surface area contributed by atoms with Crippen LogP contribution >= 0.6 is 0 Å². The SMILES string of the molecule is COc1nc(CNC(=O)Nc2cc(C)ccc2OC)nc(OC)n1. The Morgan fingerprint density at radius 1 is 1.04 bits per heavy atom. The molecule has 0 saturated heterocycles. The molecule has 1 aromatic heterocycles. The van der Waals surface area contributed by atoms with Crippen molar-refractivity contribution in [3.05, 3.63) is 29.6 Å². The van der Waals surface area contributed by atoms with Crippen molar-refractivity contribution in [3.63, 3.8) is 0 Å². The van der Waals surface area contributed by atoms with Crippen molar-refractivity contribution in [3.8, 4) is 17.8 Å². The Hall–Kier alpha value is -3.10. The second-order valence-corrected chi connectivity index (χ2v) is 4.74. The summed E-state index contributed by atoms with van der Waals surface area (Å²) in [5, 5.41) is 5.37. The lowest BCUT2D eigenvalue weighted by atomic mass is 10.2. The van der Waals surface area contributed by atoms with E-state index in [4.69, 9.17) is 14.2 Å². The van der Waals surface area contributed by atoms with Crippen LogP contribution in [0.25, 0.3) is 0 Å². The summed E-state index contributed by atoms with van der Waals surface area (Å²) in [5.41, 5.74) is 1.57. The van der Waals surface area contributed by atoms with Gasteiger partial charge in [-0.05, 0) is 24.6 Å². The predicted octanol–water partition coefficient (Wildman–Crippen LogP) is 1.53. The van der Waals surface area contributed by atoms with Gasteiger partial charge in [0, 0.05) is 0 Å². The zero-order chi connectivity index (χ0) is 17.5. The van der Waals surface area contributed by atoms with E-state index in [0.717, 1.165) is 5.56 Å². The van der Waals surface area contributed by atoms with Gasteiger partial charge in [-0.25, -0.2) is 4.79 Å². The molecule has 9 nitrogen and oxygen atoms in total. The Bertz CT molecular complexity index is 701. The molecule has 2 rings (SSSR count). The molecular weight excluding hydrogens is 314 g/mol. The first-order chi connectivity index (χ1) is 11.5. The lowest BCUT2D eigenvalue weighted by Gasteiger charge is -2.12. The van der Waals surface area contributed by atoms with E-state index in [1.54, 1.807) is 6.07 Å². The summed E-state index contributed by atoms with van der Waals surface area (Å²) in [7, 11) is 4.41. The van der Waals surface area contributed by atoms with Crippen molar-refractivity contribution in [1.29, 1.82) is 0 Å². The fourth-order valence-electron chi connectivity index (χ4n) is 1.88. The number of hydrogen-bond acceptors (Lipinski definition) is 7. The average Bonchev–Trinajstić information content (AvgIpc) is 2.59. The van der Waals surface area contributed by atoms with Crippen LogP contribution in [0.4, 0.5) is 10.5 Å². The number of methoxy groups -OCH3 is 3. The lowest BCUT2D eigenvalue weighted by molar-refractivity contribution is 0.251. The van der Waals surface area contributed by atoms with E-state index in [-0.39, 0.29) is 18.6 Å². The second-order valence-electron chi connectivity index (χ2n) is 4.74. The summed E-state index contributed by atoms with van der Waals surface area (Å²) < 4.78 is 15.1. The minimum atomic E-state index is -0.419. The fraction of sp³-hybridized carbons (Fsp3) is 0.333. The number of aryl methyl sites for hydroxylation is 1. The first-order valence-corrected chi connectivity index (χ1v) is 7.08. The third-order valence-electron chi connectivity index (χ3n) is 3.02. The first-order valence-electron chi connectivity index (χ1n) is 7.08. The molecule has 0 fully saturated rings. The van der Waals surface area contributed by atoms with Crippen molar-refractivity contribution in [1.82, 2.24) is 20.3 Å². The van der Waals surface area contributed by atoms with Crippen molar-refractivity contribution in [2.45, 2.75) is 13.5 Å². The molecule has 0 aliphatic rings. The number of nitrogens with one attached hydrogen (secondary N) is 2. The quantitative estimate of drug-likeness (QED) is 0.825. The number of ether oxygens (including phenoxy) is 3. The van der Waals surface area contributed by atoms with Crippen molar-refractivity contribution in [2.75, 3.05) is 26.6 Å². The van der Waals surface area contributed by atoms with Crippen LogP contribution in [-0.2, 0) is 6.54 Å². The van der Waals surface area contributed by atoms with Gasteiger partial charge in [0.2, 0.25) is 0 Å². The van der Waals surface area contributed by atoms with Crippen LogP contribution in [-0.4, -0.2) is 42.3 Å². The van der Waals surface area contributed by atoms with Gasteiger partial charge in [-0.2, -0.15) is 9.97 Å². The van der Waals surface area contributed by atoms with Crippen molar-refractivity contribution >= 4 is 11.7 Å². The molecule has 1 heterocycles. The molecule has 0 atom stereocenters. The number of rotatable bonds is 6. The predicted molar refractivity (Wildman–Crippen MR) is 86.5 cm³/mol. The van der Waals surface area contributed by atoms with E-state index in [2.05, 4.69) is 25.6 Å². The average molecular weight is 333 g/mol. The summed E-state index contributed by atoms with van der Waals surface area (Å²) in [6.07, 6.45) is 0. The van der Waals surface area contributed by atoms with Crippen LogP contribution in [0, 0.1) is 6.92 Å². The van der Waals surface area contributed by atoms with Crippen LogP contribution in [0.1, 0.15) is 11.4 Å². The molecule has 0 bridgehead atoms. The maximum Gasteiger partial charge on any atom is 0.322 e. The van der Waals surface area contributed by atoms with Gasteiger partial charge in [0.25, 0.3) is 0 Å². The largest absolute Gasteiger partial charge is 0.495 e. The van der Waals surface area contributed by atoms with E-state index >= 15 is 0 Å². The molecule has 128 valence electrons. The molecule has 0 unspecified atom stereocenters. The van der Waals surface area contributed by atoms with Crippen molar-refractivity contribution < 1.29 is 19.0 Å². The van der Waals surface area contributed by atoms with Gasteiger partial charge in [0.05, 0.1) is 33.6 Å². The highest BCUT2D eigenvalue weighted by atomic mass is 16.5. The topological polar surface area (TPSA) is 107 Å².